The zero-order chi connectivity index (χ0) is 24.1. The van der Waals surface area contributed by atoms with Gasteiger partial charge >= 0.3 is 0 Å². The number of ether oxygens (including phenoxy) is 3. The molecule has 0 aromatic heterocycles. The van der Waals surface area contributed by atoms with Gasteiger partial charge in [-0.3, -0.25) is 8.98 Å². The Balaban J connectivity index is 1.83. The molecule has 33 heavy (non-hydrogen) atoms. The fourth-order valence-corrected chi connectivity index (χ4v) is 4.77. The monoisotopic (exact) mass is 477 g/mol. The first-order valence-electron chi connectivity index (χ1n) is 10.6. The van der Waals surface area contributed by atoms with Crippen molar-refractivity contribution in [2.75, 3.05) is 40.7 Å². The maximum absolute atomic E-state index is 13.1. The summed E-state index contributed by atoms with van der Waals surface area (Å²) in [5, 5.41) is 0. The first kappa shape index (κ1) is 24.9. The average molecular weight is 478 g/mol. The Morgan fingerprint density at radius 2 is 1.61 bits per heavy atom. The molecule has 0 radical (unpaired) electrons. The number of hydrogen-bond acceptors (Lipinski definition) is 7. The van der Waals surface area contributed by atoms with Crippen molar-refractivity contribution in [3.05, 3.63) is 53.6 Å². The van der Waals surface area contributed by atoms with Gasteiger partial charge in [0.15, 0.2) is 11.5 Å². The Bertz CT molecular complexity index is 1050. The van der Waals surface area contributed by atoms with Crippen LogP contribution in [0.25, 0.3) is 0 Å². The molecule has 2 aromatic rings. The summed E-state index contributed by atoms with van der Waals surface area (Å²) in [6.07, 6.45) is 2.46. The lowest BCUT2D eigenvalue weighted by molar-refractivity contribution is -0.128. The summed E-state index contributed by atoms with van der Waals surface area (Å²) in [5.74, 6) is 1.55. The van der Waals surface area contributed by atoms with Gasteiger partial charge < -0.3 is 19.1 Å². The van der Waals surface area contributed by atoms with Gasteiger partial charge in [-0.25, -0.2) is 0 Å². The van der Waals surface area contributed by atoms with Crippen molar-refractivity contribution >= 4 is 16.0 Å². The smallest absolute Gasteiger partial charge is 0.264 e. The van der Waals surface area contributed by atoms with Crippen LogP contribution in [0.1, 0.15) is 24.0 Å². The number of rotatable bonds is 11. The van der Waals surface area contributed by atoms with Gasteiger partial charge in [0.25, 0.3) is 10.1 Å². The standard InChI is InChI=1S/C24H31NO7S/c1-29-20-12-19(13-21(30-2)23(20)31-3)16-25-17-24(15-22(25)26,10-11-32-33(4,27)28)14-18-8-6-5-7-9-18/h5-9,12-13H,10-11,14-17H2,1-4H3. The first-order valence-corrected chi connectivity index (χ1v) is 12.5. The molecule has 0 aliphatic carbocycles. The normalized spacial score (nSPS) is 18.4. The lowest BCUT2D eigenvalue weighted by atomic mass is 9.78. The zero-order valence-electron chi connectivity index (χ0n) is 19.5. The summed E-state index contributed by atoms with van der Waals surface area (Å²) in [6.45, 7) is 0.903. The lowest BCUT2D eigenvalue weighted by Gasteiger charge is -2.29. The van der Waals surface area contributed by atoms with Crippen LogP contribution in [0.15, 0.2) is 42.5 Å². The van der Waals surface area contributed by atoms with Crippen LogP contribution in [-0.4, -0.2) is 60.0 Å². The number of nitrogens with zero attached hydrogens (tertiary/aromatic N) is 1. The molecule has 3 rings (SSSR count). The molecule has 1 atom stereocenters. The van der Waals surface area contributed by atoms with E-state index in [2.05, 4.69) is 0 Å². The van der Waals surface area contributed by atoms with E-state index in [4.69, 9.17) is 18.4 Å². The van der Waals surface area contributed by atoms with Gasteiger partial charge in [0, 0.05) is 24.9 Å². The molecule has 9 heteroatoms. The summed E-state index contributed by atoms with van der Waals surface area (Å²) >= 11 is 0. The van der Waals surface area contributed by atoms with Crippen molar-refractivity contribution in [3.8, 4) is 17.2 Å². The van der Waals surface area contributed by atoms with E-state index in [1.807, 2.05) is 42.5 Å². The number of carbonyl (C=O) groups is 1. The van der Waals surface area contributed by atoms with Crippen LogP contribution in [0.4, 0.5) is 0 Å². The zero-order valence-corrected chi connectivity index (χ0v) is 20.3. The van der Waals surface area contributed by atoms with E-state index < -0.39 is 15.5 Å². The molecule has 1 aliphatic heterocycles. The number of carbonyl (C=O) groups excluding carboxylic acids is 1. The summed E-state index contributed by atoms with van der Waals surface area (Å²) < 4.78 is 44.2. The molecule has 0 spiro atoms. The molecule has 2 aromatic carbocycles. The molecule has 1 unspecified atom stereocenters. The summed E-state index contributed by atoms with van der Waals surface area (Å²) in [5.41, 5.74) is 1.52. The van der Waals surface area contributed by atoms with E-state index in [-0.39, 0.29) is 12.5 Å². The number of hydrogen-bond donors (Lipinski definition) is 0. The van der Waals surface area contributed by atoms with Gasteiger partial charge in [0.05, 0.1) is 34.2 Å². The van der Waals surface area contributed by atoms with Gasteiger partial charge in [-0.2, -0.15) is 8.42 Å². The highest BCUT2D eigenvalue weighted by Gasteiger charge is 2.43. The number of amides is 1. The van der Waals surface area contributed by atoms with Gasteiger partial charge in [-0.05, 0) is 36.1 Å². The van der Waals surface area contributed by atoms with Crippen molar-refractivity contribution in [2.24, 2.45) is 5.41 Å². The molecular formula is C24H31NO7S. The third-order valence-corrected chi connectivity index (χ3v) is 6.45. The van der Waals surface area contributed by atoms with Gasteiger partial charge in [-0.15, -0.1) is 0 Å². The fraction of sp³-hybridized carbons (Fsp3) is 0.458. The van der Waals surface area contributed by atoms with E-state index in [0.717, 1.165) is 17.4 Å². The van der Waals surface area contributed by atoms with Crippen molar-refractivity contribution < 1.29 is 31.6 Å². The van der Waals surface area contributed by atoms with Gasteiger partial charge in [0.1, 0.15) is 0 Å². The third kappa shape index (κ3) is 6.39. The molecule has 0 saturated carbocycles. The van der Waals surface area contributed by atoms with Gasteiger partial charge in [-0.1, -0.05) is 30.3 Å². The molecule has 1 amide bonds. The quantitative estimate of drug-likeness (QED) is 0.460. The lowest BCUT2D eigenvalue weighted by Crippen LogP contribution is -2.31. The third-order valence-electron chi connectivity index (χ3n) is 5.85. The second-order valence-corrected chi connectivity index (χ2v) is 10.0. The molecule has 1 heterocycles. The van der Waals surface area contributed by atoms with Crippen LogP contribution in [0.2, 0.25) is 0 Å². The summed E-state index contributed by atoms with van der Waals surface area (Å²) in [4.78, 5) is 14.9. The molecule has 180 valence electrons. The molecule has 8 nitrogen and oxygen atoms in total. The minimum atomic E-state index is -3.55. The topological polar surface area (TPSA) is 91.4 Å². The number of benzene rings is 2. The Labute approximate surface area is 195 Å². The van der Waals surface area contributed by atoms with Crippen LogP contribution in [0.3, 0.4) is 0 Å². The van der Waals surface area contributed by atoms with E-state index in [1.54, 1.807) is 26.2 Å². The second kappa shape index (κ2) is 10.4. The summed E-state index contributed by atoms with van der Waals surface area (Å²) in [6, 6.07) is 13.6. The van der Waals surface area contributed by atoms with Crippen LogP contribution in [0, 0.1) is 5.41 Å². The van der Waals surface area contributed by atoms with Crippen molar-refractivity contribution in [2.45, 2.75) is 25.8 Å². The van der Waals surface area contributed by atoms with E-state index in [1.165, 1.54) is 0 Å². The molecule has 1 saturated heterocycles. The van der Waals surface area contributed by atoms with Gasteiger partial charge in [0.2, 0.25) is 11.7 Å². The van der Waals surface area contributed by atoms with Crippen LogP contribution in [0.5, 0.6) is 17.2 Å². The van der Waals surface area contributed by atoms with Crippen molar-refractivity contribution in [1.29, 1.82) is 0 Å². The maximum Gasteiger partial charge on any atom is 0.264 e. The molecular weight excluding hydrogens is 446 g/mol. The maximum atomic E-state index is 13.1. The molecule has 0 bridgehead atoms. The van der Waals surface area contributed by atoms with Crippen LogP contribution < -0.4 is 14.2 Å². The largest absolute Gasteiger partial charge is 0.493 e. The molecule has 1 fully saturated rings. The Kier molecular flexibility index (Phi) is 7.86. The second-order valence-electron chi connectivity index (χ2n) is 8.40. The highest BCUT2D eigenvalue weighted by atomic mass is 32.2. The summed E-state index contributed by atoms with van der Waals surface area (Å²) in [7, 11) is 1.09. The van der Waals surface area contributed by atoms with E-state index in [9.17, 15) is 13.2 Å². The molecule has 0 N–H and O–H groups in total. The van der Waals surface area contributed by atoms with Crippen molar-refractivity contribution in [1.82, 2.24) is 4.90 Å². The van der Waals surface area contributed by atoms with Crippen LogP contribution >= 0.6 is 0 Å². The molecule has 1 aliphatic rings. The first-order chi connectivity index (χ1) is 15.7. The van der Waals surface area contributed by atoms with E-state index in [0.29, 0.717) is 49.6 Å². The Hall–Kier alpha value is -2.78. The average Bonchev–Trinajstić information content (AvgIpc) is 3.07. The highest BCUT2D eigenvalue weighted by Crippen LogP contribution is 2.41. The minimum Gasteiger partial charge on any atom is -0.493 e. The highest BCUT2D eigenvalue weighted by molar-refractivity contribution is 7.85. The predicted octanol–water partition coefficient (Wildman–Crippen LogP) is 3.04. The SMILES string of the molecule is COc1cc(CN2CC(CCOS(C)(=O)=O)(Cc3ccccc3)CC2=O)cc(OC)c1OC. The van der Waals surface area contributed by atoms with Crippen molar-refractivity contribution in [3.63, 3.8) is 0 Å². The Morgan fingerprint density at radius 1 is 0.970 bits per heavy atom. The number of methoxy groups -OCH3 is 3. The van der Waals surface area contributed by atoms with E-state index >= 15 is 0 Å². The predicted molar refractivity (Wildman–Crippen MR) is 124 cm³/mol. The minimum absolute atomic E-state index is 0.0130. The number of likely N-dealkylation sites (tertiary alicyclic amines) is 1. The van der Waals surface area contributed by atoms with Crippen LogP contribution in [-0.2, 0) is 32.1 Å². The Morgan fingerprint density at radius 3 is 2.15 bits per heavy atom. The fourth-order valence-electron chi connectivity index (χ4n) is 4.39.